The fraction of sp³-hybridized carbons (Fsp3) is 0.467. The van der Waals surface area contributed by atoms with Crippen molar-refractivity contribution < 1.29 is 0 Å². The van der Waals surface area contributed by atoms with Crippen LogP contribution in [-0.2, 0) is 6.54 Å². The molecular formula is C15H18ClNS2. The molecule has 1 saturated heterocycles. The molecule has 2 heterocycles. The molecule has 19 heavy (non-hydrogen) atoms. The monoisotopic (exact) mass is 311 g/mol. The minimum Gasteiger partial charge on any atom is -0.312 e. The van der Waals surface area contributed by atoms with Crippen LogP contribution in [0.2, 0.25) is 5.02 Å². The summed E-state index contributed by atoms with van der Waals surface area (Å²) < 4.78 is 1.29. The van der Waals surface area contributed by atoms with Crippen molar-refractivity contribution in [1.29, 1.82) is 0 Å². The number of hydrogen-bond donors (Lipinski definition) is 1. The molecule has 0 spiro atoms. The standard InChI is InChI=1S/C15H18ClNS2/c16-15-12-3-1-2-4-13(12)19-14(15)10-17-9-11-5-7-18-8-6-11/h1-4,11,17H,5-10H2. The first-order valence-corrected chi connectivity index (χ1v) is 9.14. The summed E-state index contributed by atoms with van der Waals surface area (Å²) in [6.07, 6.45) is 2.72. The van der Waals surface area contributed by atoms with Gasteiger partial charge in [-0.15, -0.1) is 11.3 Å². The first kappa shape index (κ1) is 13.7. The van der Waals surface area contributed by atoms with Crippen LogP contribution in [0.1, 0.15) is 17.7 Å². The lowest BCUT2D eigenvalue weighted by atomic mass is 10.0. The predicted octanol–water partition coefficient (Wildman–Crippen LogP) is 4.79. The lowest BCUT2D eigenvalue weighted by Crippen LogP contribution is -2.25. The molecule has 0 radical (unpaired) electrons. The van der Waals surface area contributed by atoms with Crippen molar-refractivity contribution in [2.24, 2.45) is 5.92 Å². The van der Waals surface area contributed by atoms with Crippen LogP contribution in [0.3, 0.4) is 0 Å². The van der Waals surface area contributed by atoms with E-state index in [9.17, 15) is 0 Å². The largest absolute Gasteiger partial charge is 0.312 e. The summed E-state index contributed by atoms with van der Waals surface area (Å²) in [7, 11) is 0. The predicted molar refractivity (Wildman–Crippen MR) is 88.6 cm³/mol. The van der Waals surface area contributed by atoms with Crippen molar-refractivity contribution in [2.75, 3.05) is 18.1 Å². The quantitative estimate of drug-likeness (QED) is 0.871. The van der Waals surface area contributed by atoms with E-state index in [4.69, 9.17) is 11.6 Å². The highest BCUT2D eigenvalue weighted by atomic mass is 35.5. The van der Waals surface area contributed by atoms with Crippen LogP contribution in [-0.4, -0.2) is 18.1 Å². The van der Waals surface area contributed by atoms with E-state index in [0.29, 0.717) is 0 Å². The van der Waals surface area contributed by atoms with E-state index < -0.39 is 0 Å². The second-order valence-electron chi connectivity index (χ2n) is 5.02. The van der Waals surface area contributed by atoms with Gasteiger partial charge in [-0.05, 0) is 42.9 Å². The van der Waals surface area contributed by atoms with Crippen LogP contribution in [0.15, 0.2) is 24.3 Å². The summed E-state index contributed by atoms with van der Waals surface area (Å²) in [6, 6.07) is 8.38. The summed E-state index contributed by atoms with van der Waals surface area (Å²) >= 11 is 10.3. The van der Waals surface area contributed by atoms with Gasteiger partial charge in [0.2, 0.25) is 0 Å². The molecule has 1 aliphatic heterocycles. The van der Waals surface area contributed by atoms with Crippen molar-refractivity contribution in [1.82, 2.24) is 5.32 Å². The Labute approximate surface area is 127 Å². The summed E-state index contributed by atoms with van der Waals surface area (Å²) in [5, 5.41) is 5.72. The zero-order chi connectivity index (χ0) is 13.1. The van der Waals surface area contributed by atoms with Gasteiger partial charge in [-0.2, -0.15) is 11.8 Å². The van der Waals surface area contributed by atoms with Crippen molar-refractivity contribution in [3.63, 3.8) is 0 Å². The Morgan fingerprint density at radius 1 is 1.21 bits per heavy atom. The number of halogens is 1. The molecule has 0 atom stereocenters. The highest BCUT2D eigenvalue weighted by Gasteiger charge is 2.14. The van der Waals surface area contributed by atoms with E-state index in [1.807, 2.05) is 11.3 Å². The normalized spacial score (nSPS) is 17.1. The Kier molecular flexibility index (Phi) is 4.69. The van der Waals surface area contributed by atoms with Gasteiger partial charge in [0.05, 0.1) is 5.02 Å². The maximum absolute atomic E-state index is 6.45. The summed E-state index contributed by atoms with van der Waals surface area (Å²) in [4.78, 5) is 1.27. The minimum absolute atomic E-state index is 0.856. The fourth-order valence-electron chi connectivity index (χ4n) is 2.52. The van der Waals surface area contributed by atoms with Crippen molar-refractivity contribution >= 4 is 44.8 Å². The van der Waals surface area contributed by atoms with Gasteiger partial charge in [0.1, 0.15) is 0 Å². The molecule has 0 bridgehead atoms. The van der Waals surface area contributed by atoms with E-state index in [1.54, 1.807) is 0 Å². The number of fused-ring (bicyclic) bond motifs is 1. The van der Waals surface area contributed by atoms with E-state index in [0.717, 1.165) is 24.0 Å². The summed E-state index contributed by atoms with van der Waals surface area (Å²) in [5.74, 6) is 3.51. The highest BCUT2D eigenvalue weighted by molar-refractivity contribution is 7.99. The minimum atomic E-state index is 0.856. The van der Waals surface area contributed by atoms with E-state index in [1.165, 1.54) is 39.3 Å². The molecular weight excluding hydrogens is 294 g/mol. The molecule has 1 aromatic carbocycles. The van der Waals surface area contributed by atoms with Gasteiger partial charge in [0.25, 0.3) is 0 Å². The fourth-order valence-corrected chi connectivity index (χ4v) is 5.19. The average Bonchev–Trinajstić information content (AvgIpc) is 2.78. The zero-order valence-corrected chi connectivity index (χ0v) is 13.2. The van der Waals surface area contributed by atoms with Gasteiger partial charge in [-0.1, -0.05) is 29.8 Å². The van der Waals surface area contributed by atoms with E-state index in [2.05, 4.69) is 41.3 Å². The van der Waals surface area contributed by atoms with Crippen molar-refractivity contribution in [2.45, 2.75) is 19.4 Å². The summed E-state index contributed by atoms with van der Waals surface area (Å²) in [5.41, 5.74) is 0. The van der Waals surface area contributed by atoms with Gasteiger partial charge >= 0.3 is 0 Å². The molecule has 1 fully saturated rings. The van der Waals surface area contributed by atoms with Crippen LogP contribution in [0.5, 0.6) is 0 Å². The van der Waals surface area contributed by atoms with Crippen LogP contribution >= 0.6 is 34.7 Å². The van der Waals surface area contributed by atoms with Gasteiger partial charge in [0, 0.05) is 21.5 Å². The van der Waals surface area contributed by atoms with Gasteiger partial charge in [-0.25, -0.2) is 0 Å². The Bertz CT molecular complexity index is 546. The van der Waals surface area contributed by atoms with Crippen LogP contribution in [0.25, 0.3) is 10.1 Å². The number of nitrogens with one attached hydrogen (secondary N) is 1. The average molecular weight is 312 g/mol. The number of thioether (sulfide) groups is 1. The zero-order valence-electron chi connectivity index (χ0n) is 10.8. The van der Waals surface area contributed by atoms with E-state index >= 15 is 0 Å². The maximum atomic E-state index is 6.45. The smallest absolute Gasteiger partial charge is 0.0636 e. The Morgan fingerprint density at radius 3 is 2.79 bits per heavy atom. The molecule has 4 heteroatoms. The van der Waals surface area contributed by atoms with Gasteiger partial charge in [-0.3, -0.25) is 0 Å². The molecule has 0 saturated carbocycles. The molecule has 0 aliphatic carbocycles. The third-order valence-corrected chi connectivity index (χ3v) is 6.42. The third kappa shape index (κ3) is 3.27. The Hall–Kier alpha value is -0.220. The van der Waals surface area contributed by atoms with Crippen molar-refractivity contribution in [3.8, 4) is 0 Å². The van der Waals surface area contributed by atoms with Gasteiger partial charge < -0.3 is 5.32 Å². The first-order chi connectivity index (χ1) is 9.34. The van der Waals surface area contributed by atoms with Gasteiger partial charge in [0.15, 0.2) is 0 Å². The van der Waals surface area contributed by atoms with Crippen molar-refractivity contribution in [3.05, 3.63) is 34.2 Å². The SMILES string of the molecule is Clc1c(CNCC2CCSCC2)sc2ccccc12. The number of thiophene rings is 1. The molecule has 2 aromatic rings. The molecule has 1 aliphatic rings. The summed E-state index contributed by atoms with van der Waals surface area (Å²) in [6.45, 7) is 2.03. The Balaban J connectivity index is 1.60. The molecule has 102 valence electrons. The molecule has 1 N–H and O–H groups in total. The molecule has 1 aromatic heterocycles. The van der Waals surface area contributed by atoms with Crippen LogP contribution < -0.4 is 5.32 Å². The second kappa shape index (κ2) is 6.49. The van der Waals surface area contributed by atoms with Crippen LogP contribution in [0, 0.1) is 5.92 Å². The third-order valence-electron chi connectivity index (χ3n) is 3.66. The number of hydrogen-bond acceptors (Lipinski definition) is 3. The number of rotatable bonds is 4. The second-order valence-corrected chi connectivity index (χ2v) is 7.76. The Morgan fingerprint density at radius 2 is 2.00 bits per heavy atom. The first-order valence-electron chi connectivity index (χ1n) is 6.79. The number of benzene rings is 1. The highest BCUT2D eigenvalue weighted by Crippen LogP contribution is 2.35. The molecule has 3 rings (SSSR count). The topological polar surface area (TPSA) is 12.0 Å². The maximum Gasteiger partial charge on any atom is 0.0636 e. The lowest BCUT2D eigenvalue weighted by molar-refractivity contribution is 0.449. The molecule has 1 nitrogen and oxygen atoms in total. The lowest BCUT2D eigenvalue weighted by Gasteiger charge is -2.21. The van der Waals surface area contributed by atoms with E-state index in [-0.39, 0.29) is 0 Å². The molecule has 0 unspecified atom stereocenters. The van der Waals surface area contributed by atoms with Crippen LogP contribution in [0.4, 0.5) is 0 Å². The molecule has 0 amide bonds.